The van der Waals surface area contributed by atoms with Crippen molar-refractivity contribution in [3.63, 3.8) is 0 Å². The first kappa shape index (κ1) is 24.8. The van der Waals surface area contributed by atoms with E-state index in [1.807, 2.05) is 6.07 Å². The molecule has 0 aliphatic heterocycles. The molecule has 1 aromatic heterocycles. The van der Waals surface area contributed by atoms with Gasteiger partial charge in [-0.05, 0) is 81.0 Å². The van der Waals surface area contributed by atoms with Crippen LogP contribution in [0.15, 0.2) is 18.2 Å². The van der Waals surface area contributed by atoms with Crippen molar-refractivity contribution in [1.29, 1.82) is 0 Å². The van der Waals surface area contributed by atoms with Crippen LogP contribution in [0.3, 0.4) is 0 Å². The minimum Gasteiger partial charge on any atom is -0.466 e. The van der Waals surface area contributed by atoms with Crippen LogP contribution in [0.2, 0.25) is 0 Å². The fourth-order valence-corrected chi connectivity index (χ4v) is 4.52. The summed E-state index contributed by atoms with van der Waals surface area (Å²) in [5, 5.41) is 0. The Morgan fingerprint density at radius 3 is 2.58 bits per heavy atom. The summed E-state index contributed by atoms with van der Waals surface area (Å²) in [4.78, 5) is 16.7. The highest BCUT2D eigenvalue weighted by Crippen LogP contribution is 2.37. The molecule has 1 saturated carbocycles. The van der Waals surface area contributed by atoms with Gasteiger partial charge in [-0.1, -0.05) is 25.2 Å². The standard InChI is InChI=1S/C28H35NO4/c1-6-32-27(30)15-12-23-16-19(2)25(21(4)20(23)3)17-24-13-14-26(33-18-31-5)28(29-24)22-10-8-7-9-11-22/h13-14,16,22H,6-11,17-18H2,1-5H3. The maximum atomic E-state index is 11.6. The van der Waals surface area contributed by atoms with Gasteiger partial charge in [-0.2, -0.15) is 0 Å². The van der Waals surface area contributed by atoms with E-state index in [9.17, 15) is 4.79 Å². The molecule has 33 heavy (non-hydrogen) atoms. The highest BCUT2D eigenvalue weighted by Gasteiger charge is 2.22. The monoisotopic (exact) mass is 449 g/mol. The van der Waals surface area contributed by atoms with Crippen LogP contribution >= 0.6 is 0 Å². The van der Waals surface area contributed by atoms with Crippen molar-refractivity contribution in [3.8, 4) is 17.6 Å². The van der Waals surface area contributed by atoms with Gasteiger partial charge in [-0.15, -0.1) is 0 Å². The topological polar surface area (TPSA) is 57.7 Å². The second kappa shape index (κ2) is 11.9. The third kappa shape index (κ3) is 6.36. The Balaban J connectivity index is 1.90. The normalized spacial score (nSPS) is 13.8. The maximum absolute atomic E-state index is 11.6. The van der Waals surface area contributed by atoms with Gasteiger partial charge in [-0.3, -0.25) is 4.98 Å². The molecule has 5 heteroatoms. The number of benzene rings is 1. The average molecular weight is 450 g/mol. The van der Waals surface area contributed by atoms with E-state index in [2.05, 4.69) is 44.7 Å². The molecule has 0 bridgehead atoms. The van der Waals surface area contributed by atoms with Crippen LogP contribution in [-0.4, -0.2) is 31.5 Å². The first-order valence-corrected chi connectivity index (χ1v) is 11.8. The summed E-state index contributed by atoms with van der Waals surface area (Å²) >= 11 is 0. The first-order chi connectivity index (χ1) is 15.9. The summed E-state index contributed by atoms with van der Waals surface area (Å²) in [7, 11) is 1.64. The second-order valence-electron chi connectivity index (χ2n) is 8.69. The molecule has 0 radical (unpaired) electrons. The number of esters is 1. The number of nitrogens with zero attached hydrogens (tertiary/aromatic N) is 1. The van der Waals surface area contributed by atoms with E-state index in [1.54, 1.807) is 14.0 Å². The Morgan fingerprint density at radius 1 is 1.12 bits per heavy atom. The predicted octanol–water partition coefficient (Wildman–Crippen LogP) is 5.54. The van der Waals surface area contributed by atoms with Crippen molar-refractivity contribution in [2.45, 2.75) is 72.1 Å². The molecule has 1 aliphatic carbocycles. The summed E-state index contributed by atoms with van der Waals surface area (Å²) < 4.78 is 15.9. The first-order valence-electron chi connectivity index (χ1n) is 11.8. The van der Waals surface area contributed by atoms with Crippen molar-refractivity contribution < 1.29 is 19.0 Å². The van der Waals surface area contributed by atoms with Crippen LogP contribution in [0.4, 0.5) is 0 Å². The third-order valence-electron chi connectivity index (χ3n) is 6.46. The molecule has 1 fully saturated rings. The van der Waals surface area contributed by atoms with Gasteiger partial charge in [0, 0.05) is 36.6 Å². The van der Waals surface area contributed by atoms with Gasteiger partial charge >= 0.3 is 5.97 Å². The summed E-state index contributed by atoms with van der Waals surface area (Å²) in [6.07, 6.45) is 6.84. The Bertz CT molecular complexity index is 1040. The number of aryl methyl sites for hydroxylation is 1. The number of pyridine rings is 1. The van der Waals surface area contributed by atoms with E-state index < -0.39 is 5.97 Å². The molecular formula is C28H35NO4. The van der Waals surface area contributed by atoms with Crippen LogP contribution in [0.1, 0.15) is 84.2 Å². The average Bonchev–Trinajstić information content (AvgIpc) is 2.83. The maximum Gasteiger partial charge on any atom is 0.384 e. The molecule has 2 aromatic rings. The largest absolute Gasteiger partial charge is 0.466 e. The van der Waals surface area contributed by atoms with Crippen molar-refractivity contribution in [2.75, 3.05) is 20.5 Å². The lowest BCUT2D eigenvalue weighted by molar-refractivity contribution is -0.136. The molecule has 0 N–H and O–H groups in total. The van der Waals surface area contributed by atoms with Crippen molar-refractivity contribution in [1.82, 2.24) is 4.98 Å². The Morgan fingerprint density at radius 2 is 1.88 bits per heavy atom. The minimum atomic E-state index is -0.494. The van der Waals surface area contributed by atoms with Crippen LogP contribution in [0.5, 0.6) is 5.75 Å². The van der Waals surface area contributed by atoms with E-state index in [-0.39, 0.29) is 6.79 Å². The van der Waals surface area contributed by atoms with Crippen molar-refractivity contribution in [2.24, 2.45) is 0 Å². The van der Waals surface area contributed by atoms with E-state index >= 15 is 0 Å². The fraction of sp³-hybridized carbons (Fsp3) is 0.500. The molecule has 0 amide bonds. The molecule has 3 rings (SSSR count). The zero-order chi connectivity index (χ0) is 23.8. The van der Waals surface area contributed by atoms with Gasteiger partial charge in [0.2, 0.25) is 0 Å². The highest BCUT2D eigenvalue weighted by molar-refractivity contribution is 5.89. The highest BCUT2D eigenvalue weighted by atomic mass is 16.7. The Hall–Kier alpha value is -2.84. The molecule has 0 atom stereocenters. The van der Waals surface area contributed by atoms with Gasteiger partial charge in [-0.25, -0.2) is 4.79 Å². The number of ether oxygens (including phenoxy) is 3. The molecule has 1 heterocycles. The van der Waals surface area contributed by atoms with Gasteiger partial charge in [0.25, 0.3) is 0 Å². The molecule has 1 aliphatic rings. The molecule has 0 saturated heterocycles. The van der Waals surface area contributed by atoms with E-state index in [0.717, 1.165) is 53.1 Å². The molecule has 0 spiro atoms. The second-order valence-corrected chi connectivity index (χ2v) is 8.69. The van der Waals surface area contributed by atoms with Gasteiger partial charge in [0.05, 0.1) is 12.3 Å². The number of methoxy groups -OCH3 is 1. The smallest absolute Gasteiger partial charge is 0.384 e. The number of carbonyl (C=O) groups is 1. The Kier molecular flexibility index (Phi) is 8.91. The lowest BCUT2D eigenvalue weighted by Gasteiger charge is -2.24. The van der Waals surface area contributed by atoms with Gasteiger partial charge in [0.15, 0.2) is 6.79 Å². The predicted molar refractivity (Wildman–Crippen MR) is 130 cm³/mol. The molecule has 0 unspecified atom stereocenters. The summed E-state index contributed by atoms with van der Waals surface area (Å²) in [5.74, 6) is 6.35. The lowest BCUT2D eigenvalue weighted by Crippen LogP contribution is -2.12. The van der Waals surface area contributed by atoms with E-state index in [1.165, 1.54) is 30.4 Å². The summed E-state index contributed by atoms with van der Waals surface area (Å²) in [5.41, 5.74) is 7.63. The SMILES string of the molecule is CCOC(=O)C#Cc1cc(C)c(Cc2ccc(OCOC)c(C3CCCCC3)n2)c(C)c1C. The number of aromatic nitrogens is 1. The molecule has 176 valence electrons. The summed E-state index contributed by atoms with van der Waals surface area (Å²) in [6, 6.07) is 6.16. The van der Waals surface area contributed by atoms with E-state index in [0.29, 0.717) is 12.5 Å². The minimum absolute atomic E-state index is 0.229. The van der Waals surface area contributed by atoms with Crippen molar-refractivity contribution >= 4 is 5.97 Å². The van der Waals surface area contributed by atoms with Crippen molar-refractivity contribution in [3.05, 3.63) is 57.4 Å². The number of rotatable bonds is 7. The zero-order valence-corrected chi connectivity index (χ0v) is 20.5. The fourth-order valence-electron chi connectivity index (χ4n) is 4.52. The van der Waals surface area contributed by atoms with Crippen LogP contribution in [0.25, 0.3) is 0 Å². The third-order valence-corrected chi connectivity index (χ3v) is 6.46. The lowest BCUT2D eigenvalue weighted by atomic mass is 9.86. The van der Waals surface area contributed by atoms with Crippen LogP contribution in [-0.2, 0) is 20.7 Å². The van der Waals surface area contributed by atoms with E-state index in [4.69, 9.17) is 19.2 Å². The molecule has 1 aromatic carbocycles. The number of hydrogen-bond donors (Lipinski definition) is 0. The molecular weight excluding hydrogens is 414 g/mol. The van der Waals surface area contributed by atoms with Gasteiger partial charge in [0.1, 0.15) is 5.75 Å². The van der Waals surface area contributed by atoms with Gasteiger partial charge < -0.3 is 14.2 Å². The zero-order valence-electron chi connectivity index (χ0n) is 20.5. The molecule has 5 nitrogen and oxygen atoms in total. The Labute approximate surface area is 197 Å². The number of hydrogen-bond acceptors (Lipinski definition) is 5. The van der Waals surface area contributed by atoms with Crippen LogP contribution < -0.4 is 4.74 Å². The number of carbonyl (C=O) groups excluding carboxylic acids is 1. The van der Waals surface area contributed by atoms with Crippen LogP contribution in [0, 0.1) is 32.6 Å². The quantitative estimate of drug-likeness (QED) is 0.315. The summed E-state index contributed by atoms with van der Waals surface area (Å²) in [6.45, 7) is 8.59.